The van der Waals surface area contributed by atoms with Crippen molar-refractivity contribution in [2.75, 3.05) is 33.2 Å². The second-order valence-electron chi connectivity index (χ2n) is 6.25. The molecule has 2 aromatic heterocycles. The van der Waals surface area contributed by atoms with Crippen LogP contribution in [-0.4, -0.2) is 68.6 Å². The minimum atomic E-state index is -0.0970. The summed E-state index contributed by atoms with van der Waals surface area (Å²) in [7, 11) is 2.04. The molecule has 1 aliphatic rings. The maximum Gasteiger partial charge on any atom is 0.259 e. The van der Waals surface area contributed by atoms with E-state index >= 15 is 0 Å². The number of piperazine rings is 1. The second kappa shape index (κ2) is 6.18. The number of likely N-dealkylation sites (N-methyl/N-ethyl adjacent to an activating group) is 1. The minimum absolute atomic E-state index is 0.0405. The number of aromatic hydroxyl groups is 1. The predicted octanol–water partition coefficient (Wildman–Crippen LogP) is 1.49. The van der Waals surface area contributed by atoms with Gasteiger partial charge in [-0.25, -0.2) is 4.98 Å². The van der Waals surface area contributed by atoms with Gasteiger partial charge in [-0.2, -0.15) is 9.61 Å². The van der Waals surface area contributed by atoms with Gasteiger partial charge in [-0.15, -0.1) is 0 Å². The highest BCUT2D eigenvalue weighted by Gasteiger charge is 2.24. The molecule has 128 valence electrons. The quantitative estimate of drug-likeness (QED) is 0.767. The van der Waals surface area contributed by atoms with Crippen molar-refractivity contribution in [3.63, 3.8) is 0 Å². The molecule has 1 N–H and O–H groups in total. The average Bonchev–Trinajstić information content (AvgIpc) is 3.07. The zero-order chi connectivity index (χ0) is 17.4. The number of fused-ring (bicyclic) bond motifs is 1. The maximum atomic E-state index is 12.9. The summed E-state index contributed by atoms with van der Waals surface area (Å²) >= 11 is 0. The van der Waals surface area contributed by atoms with Crippen molar-refractivity contribution in [2.24, 2.45) is 0 Å². The highest BCUT2D eigenvalue weighted by atomic mass is 16.3. The molecule has 1 amide bonds. The van der Waals surface area contributed by atoms with E-state index in [1.807, 2.05) is 42.3 Å². The van der Waals surface area contributed by atoms with Crippen LogP contribution in [0.2, 0.25) is 0 Å². The molecule has 7 nitrogen and oxygen atoms in total. The molecule has 0 saturated carbocycles. The summed E-state index contributed by atoms with van der Waals surface area (Å²) in [5, 5.41) is 14.4. The van der Waals surface area contributed by atoms with Crippen molar-refractivity contribution < 1.29 is 9.90 Å². The fourth-order valence-electron chi connectivity index (χ4n) is 3.03. The topological polar surface area (TPSA) is 74.0 Å². The van der Waals surface area contributed by atoms with Crippen LogP contribution in [0.4, 0.5) is 0 Å². The van der Waals surface area contributed by atoms with Gasteiger partial charge in [-0.3, -0.25) is 4.79 Å². The first kappa shape index (κ1) is 15.6. The smallest absolute Gasteiger partial charge is 0.259 e. The van der Waals surface area contributed by atoms with Crippen LogP contribution >= 0.6 is 0 Å². The molecule has 4 rings (SSSR count). The van der Waals surface area contributed by atoms with Crippen LogP contribution in [0.5, 0.6) is 5.88 Å². The Morgan fingerprint density at radius 2 is 1.84 bits per heavy atom. The van der Waals surface area contributed by atoms with Crippen LogP contribution < -0.4 is 0 Å². The van der Waals surface area contributed by atoms with Crippen LogP contribution in [0.25, 0.3) is 16.9 Å². The lowest BCUT2D eigenvalue weighted by Gasteiger charge is -2.32. The third-order valence-corrected chi connectivity index (χ3v) is 4.54. The minimum Gasteiger partial charge on any atom is -0.493 e. The molecule has 1 fully saturated rings. The van der Waals surface area contributed by atoms with Gasteiger partial charge in [-0.1, -0.05) is 30.3 Å². The number of nitrogens with zero attached hydrogens (tertiary/aromatic N) is 5. The van der Waals surface area contributed by atoms with Gasteiger partial charge >= 0.3 is 0 Å². The van der Waals surface area contributed by atoms with E-state index in [1.54, 1.807) is 6.07 Å². The van der Waals surface area contributed by atoms with E-state index in [0.29, 0.717) is 30.0 Å². The number of amides is 1. The lowest BCUT2D eigenvalue weighted by Crippen LogP contribution is -2.47. The van der Waals surface area contributed by atoms with Gasteiger partial charge in [-0.05, 0) is 7.05 Å². The Morgan fingerprint density at radius 1 is 1.12 bits per heavy atom. The Labute approximate surface area is 145 Å². The molecular weight excluding hydrogens is 318 g/mol. The van der Waals surface area contributed by atoms with Crippen LogP contribution in [0.3, 0.4) is 0 Å². The molecule has 0 spiro atoms. The number of benzene rings is 1. The van der Waals surface area contributed by atoms with Gasteiger partial charge in [0.1, 0.15) is 5.56 Å². The van der Waals surface area contributed by atoms with Gasteiger partial charge in [0.25, 0.3) is 5.91 Å². The first-order valence-corrected chi connectivity index (χ1v) is 8.24. The zero-order valence-electron chi connectivity index (χ0n) is 14.0. The van der Waals surface area contributed by atoms with E-state index in [2.05, 4.69) is 15.0 Å². The van der Waals surface area contributed by atoms with Crippen molar-refractivity contribution in [1.29, 1.82) is 0 Å². The average molecular weight is 337 g/mol. The summed E-state index contributed by atoms with van der Waals surface area (Å²) in [4.78, 5) is 21.5. The van der Waals surface area contributed by atoms with Gasteiger partial charge in [0, 0.05) is 37.8 Å². The summed E-state index contributed by atoms with van der Waals surface area (Å²) in [6, 6.07) is 11.1. The number of rotatable bonds is 2. The molecule has 0 aliphatic carbocycles. The van der Waals surface area contributed by atoms with Crippen molar-refractivity contribution in [3.05, 3.63) is 48.2 Å². The number of hydrogen-bond donors (Lipinski definition) is 1. The largest absolute Gasteiger partial charge is 0.493 e. The molecule has 1 aliphatic heterocycles. The standard InChI is InChI=1S/C18H19N5O2/c1-21-7-9-22(10-8-21)18(25)14-12-19-23-16(24)11-15(20-17(14)23)13-5-3-2-4-6-13/h2-6,11-12,24H,7-10H2,1H3. The lowest BCUT2D eigenvalue weighted by atomic mass is 10.1. The monoisotopic (exact) mass is 337 g/mol. The molecule has 0 unspecified atom stereocenters. The Kier molecular flexibility index (Phi) is 3.85. The lowest BCUT2D eigenvalue weighted by molar-refractivity contribution is 0.0666. The highest BCUT2D eigenvalue weighted by Crippen LogP contribution is 2.24. The predicted molar refractivity (Wildman–Crippen MR) is 93.5 cm³/mol. The van der Waals surface area contributed by atoms with Crippen LogP contribution in [0, 0.1) is 0 Å². The van der Waals surface area contributed by atoms with E-state index in [1.165, 1.54) is 10.7 Å². The highest BCUT2D eigenvalue weighted by molar-refractivity contribution is 6.00. The Hall–Kier alpha value is -2.93. The van der Waals surface area contributed by atoms with Gasteiger partial charge in [0.05, 0.1) is 11.9 Å². The third kappa shape index (κ3) is 2.83. The third-order valence-electron chi connectivity index (χ3n) is 4.54. The Balaban J connectivity index is 1.75. The summed E-state index contributed by atoms with van der Waals surface area (Å²) in [6.45, 7) is 3.05. The normalized spacial score (nSPS) is 15.6. The van der Waals surface area contributed by atoms with Crippen LogP contribution in [0.15, 0.2) is 42.6 Å². The van der Waals surface area contributed by atoms with Gasteiger partial charge in [0.2, 0.25) is 5.88 Å². The number of carbonyl (C=O) groups is 1. The van der Waals surface area contributed by atoms with E-state index in [0.717, 1.165) is 18.7 Å². The Morgan fingerprint density at radius 3 is 2.56 bits per heavy atom. The van der Waals surface area contributed by atoms with Crippen molar-refractivity contribution in [1.82, 2.24) is 24.4 Å². The fraction of sp³-hybridized carbons (Fsp3) is 0.278. The van der Waals surface area contributed by atoms with E-state index < -0.39 is 0 Å². The SMILES string of the molecule is CN1CCN(C(=O)c2cnn3c(O)cc(-c4ccccc4)nc23)CC1. The van der Waals surface area contributed by atoms with Gasteiger partial charge < -0.3 is 14.9 Å². The summed E-state index contributed by atoms with van der Waals surface area (Å²) in [6.07, 6.45) is 1.48. The molecule has 25 heavy (non-hydrogen) atoms. The molecular formula is C18H19N5O2. The zero-order valence-corrected chi connectivity index (χ0v) is 14.0. The maximum absolute atomic E-state index is 12.9. The molecule has 0 bridgehead atoms. The van der Waals surface area contributed by atoms with Crippen molar-refractivity contribution in [2.45, 2.75) is 0 Å². The molecule has 0 radical (unpaired) electrons. The van der Waals surface area contributed by atoms with Crippen molar-refractivity contribution in [3.8, 4) is 17.1 Å². The molecule has 3 aromatic rings. The molecule has 1 aromatic carbocycles. The molecule has 7 heteroatoms. The van der Waals surface area contributed by atoms with Crippen LogP contribution in [0.1, 0.15) is 10.4 Å². The number of aromatic nitrogens is 3. The van der Waals surface area contributed by atoms with E-state index in [4.69, 9.17) is 0 Å². The fourth-order valence-corrected chi connectivity index (χ4v) is 3.03. The summed E-state index contributed by atoms with van der Waals surface area (Å²) in [5.74, 6) is -0.138. The van der Waals surface area contributed by atoms with E-state index in [-0.39, 0.29) is 11.8 Å². The molecule has 1 saturated heterocycles. The number of carbonyl (C=O) groups excluding carboxylic acids is 1. The first-order chi connectivity index (χ1) is 12.1. The van der Waals surface area contributed by atoms with Gasteiger partial charge in [0.15, 0.2) is 5.65 Å². The number of hydrogen-bond acceptors (Lipinski definition) is 5. The van der Waals surface area contributed by atoms with Crippen molar-refractivity contribution >= 4 is 11.6 Å². The first-order valence-electron chi connectivity index (χ1n) is 8.24. The second-order valence-corrected chi connectivity index (χ2v) is 6.25. The van der Waals surface area contributed by atoms with E-state index in [9.17, 15) is 9.90 Å². The van der Waals surface area contributed by atoms with Crippen LogP contribution in [-0.2, 0) is 0 Å². The molecule has 3 heterocycles. The summed E-state index contributed by atoms with van der Waals surface area (Å²) < 4.78 is 1.30. The molecule has 0 atom stereocenters. The summed E-state index contributed by atoms with van der Waals surface area (Å²) in [5.41, 5.74) is 2.28. The Bertz CT molecular complexity index is 914.